The summed E-state index contributed by atoms with van der Waals surface area (Å²) in [6, 6.07) is 15.2. The molecule has 0 bridgehead atoms. The van der Waals surface area contributed by atoms with Crippen LogP contribution in [-0.2, 0) is 4.74 Å². The van der Waals surface area contributed by atoms with E-state index in [0.717, 1.165) is 37.1 Å². The Morgan fingerprint density at radius 1 is 1.06 bits per heavy atom. The van der Waals surface area contributed by atoms with Crippen LogP contribution in [0, 0.1) is 0 Å². The summed E-state index contributed by atoms with van der Waals surface area (Å²) in [7, 11) is 0. The largest absolute Gasteiger partial charge is 0.491 e. The minimum absolute atomic E-state index is 0.308. The molecule has 5 nitrogen and oxygen atoms in total. The number of benzene rings is 2. The first kappa shape index (κ1) is 22.0. The van der Waals surface area contributed by atoms with Crippen LogP contribution in [0.1, 0.15) is 48.6 Å². The lowest BCUT2D eigenvalue weighted by atomic mass is 9.82. The zero-order valence-electron chi connectivity index (χ0n) is 18.5. The van der Waals surface area contributed by atoms with Gasteiger partial charge in [0.25, 0.3) is 0 Å². The molecule has 172 valence electrons. The number of hydrogen-bond donors (Lipinski definition) is 2. The van der Waals surface area contributed by atoms with Gasteiger partial charge in [0, 0.05) is 48.2 Å². The Morgan fingerprint density at radius 3 is 2.59 bits per heavy atom. The molecule has 0 amide bonds. The van der Waals surface area contributed by atoms with Crippen molar-refractivity contribution in [2.24, 2.45) is 0 Å². The Bertz CT molecular complexity index is 900. The number of aliphatic hydroxyl groups is 1. The SMILES string of the molecule is OC(COc1ccc(C2CCCCC3c4cc(Cl)ccc4NC23)cc1)CN1CCOCC1. The van der Waals surface area contributed by atoms with Gasteiger partial charge < -0.3 is 19.9 Å². The molecule has 2 N–H and O–H groups in total. The molecule has 0 aromatic heterocycles. The molecule has 0 radical (unpaired) electrons. The van der Waals surface area contributed by atoms with Crippen LogP contribution >= 0.6 is 11.6 Å². The predicted octanol–water partition coefficient (Wildman–Crippen LogP) is 4.65. The second kappa shape index (κ2) is 10.0. The van der Waals surface area contributed by atoms with Gasteiger partial charge in [-0.1, -0.05) is 36.6 Å². The molecule has 4 atom stereocenters. The van der Waals surface area contributed by atoms with Gasteiger partial charge in [-0.3, -0.25) is 4.90 Å². The van der Waals surface area contributed by atoms with Crippen LogP contribution in [0.5, 0.6) is 5.75 Å². The van der Waals surface area contributed by atoms with Gasteiger partial charge in [0.15, 0.2) is 0 Å². The van der Waals surface area contributed by atoms with E-state index in [1.807, 2.05) is 6.07 Å². The van der Waals surface area contributed by atoms with Crippen molar-refractivity contribution in [3.8, 4) is 5.75 Å². The second-order valence-corrected chi connectivity index (χ2v) is 9.78. The summed E-state index contributed by atoms with van der Waals surface area (Å²) in [6.45, 7) is 4.17. The molecule has 32 heavy (non-hydrogen) atoms. The van der Waals surface area contributed by atoms with Crippen molar-refractivity contribution in [2.75, 3.05) is 44.8 Å². The Balaban J connectivity index is 1.21. The maximum Gasteiger partial charge on any atom is 0.119 e. The summed E-state index contributed by atoms with van der Waals surface area (Å²) in [5.74, 6) is 1.80. The minimum atomic E-state index is -0.497. The Hall–Kier alpha value is -1.79. The molecule has 1 aliphatic carbocycles. The monoisotopic (exact) mass is 456 g/mol. The molecule has 2 heterocycles. The normalized spacial score (nSPS) is 26.5. The fourth-order valence-corrected chi connectivity index (χ4v) is 5.76. The quantitative estimate of drug-likeness (QED) is 0.662. The van der Waals surface area contributed by atoms with Crippen LogP contribution in [0.3, 0.4) is 0 Å². The molecule has 2 aromatic carbocycles. The highest BCUT2D eigenvalue weighted by Gasteiger charge is 2.39. The summed E-state index contributed by atoms with van der Waals surface area (Å²) >= 11 is 6.30. The number of nitrogens with zero attached hydrogens (tertiary/aromatic N) is 1. The molecule has 4 unspecified atom stereocenters. The number of anilines is 1. The maximum atomic E-state index is 10.3. The number of halogens is 1. The maximum absolute atomic E-state index is 10.3. The van der Waals surface area contributed by atoms with Gasteiger partial charge in [-0.15, -0.1) is 0 Å². The first-order valence-electron chi connectivity index (χ1n) is 11.9. The van der Waals surface area contributed by atoms with E-state index in [9.17, 15) is 5.11 Å². The van der Waals surface area contributed by atoms with Gasteiger partial charge in [0.2, 0.25) is 0 Å². The van der Waals surface area contributed by atoms with E-state index in [1.165, 1.54) is 42.5 Å². The standard InChI is InChI=1S/C26H33ClN2O3/c27-19-7-10-25-24(15-19)23-4-2-1-3-22(26(23)28-25)18-5-8-21(9-6-18)32-17-20(30)16-29-11-13-31-14-12-29/h5-10,15,20,22-23,26,28,30H,1-4,11-14,16-17H2. The van der Waals surface area contributed by atoms with E-state index in [-0.39, 0.29) is 0 Å². The van der Waals surface area contributed by atoms with Crippen molar-refractivity contribution in [2.45, 2.75) is 49.7 Å². The number of β-amino-alcohol motifs (C(OH)–C–C–N with tert-alkyl or cyclic N) is 1. The average Bonchev–Trinajstić information content (AvgIpc) is 3.02. The smallest absolute Gasteiger partial charge is 0.119 e. The fraction of sp³-hybridized carbons (Fsp3) is 0.538. The molecule has 0 spiro atoms. The third-order valence-corrected chi connectivity index (χ3v) is 7.44. The van der Waals surface area contributed by atoms with E-state index in [1.54, 1.807) is 0 Å². The molecule has 1 saturated heterocycles. The molecule has 3 aliphatic rings. The van der Waals surface area contributed by atoms with E-state index >= 15 is 0 Å². The summed E-state index contributed by atoms with van der Waals surface area (Å²) in [5, 5.41) is 15.0. The zero-order chi connectivity index (χ0) is 21.9. The van der Waals surface area contributed by atoms with Crippen LogP contribution in [0.4, 0.5) is 5.69 Å². The first-order valence-corrected chi connectivity index (χ1v) is 12.3. The number of aliphatic hydroxyl groups excluding tert-OH is 1. The number of morpholine rings is 1. The molecular formula is C26H33ClN2O3. The van der Waals surface area contributed by atoms with Crippen molar-refractivity contribution in [1.82, 2.24) is 4.90 Å². The lowest BCUT2D eigenvalue weighted by molar-refractivity contribution is 0.00465. The van der Waals surface area contributed by atoms with Crippen molar-refractivity contribution in [1.29, 1.82) is 0 Å². The average molecular weight is 457 g/mol. The number of ether oxygens (including phenoxy) is 2. The lowest BCUT2D eigenvalue weighted by Gasteiger charge is -2.28. The van der Waals surface area contributed by atoms with Crippen molar-refractivity contribution in [3.05, 3.63) is 58.6 Å². The number of nitrogens with one attached hydrogen (secondary N) is 1. The third kappa shape index (κ3) is 4.91. The Labute approximate surface area is 195 Å². The first-order chi connectivity index (χ1) is 15.7. The molecule has 2 aliphatic heterocycles. The van der Waals surface area contributed by atoms with Gasteiger partial charge in [-0.25, -0.2) is 0 Å². The van der Waals surface area contributed by atoms with Crippen LogP contribution in [0.15, 0.2) is 42.5 Å². The molecular weight excluding hydrogens is 424 g/mol. The van der Waals surface area contributed by atoms with Crippen molar-refractivity contribution < 1.29 is 14.6 Å². The van der Waals surface area contributed by atoms with Gasteiger partial charge in [0.1, 0.15) is 18.5 Å². The Kier molecular flexibility index (Phi) is 6.88. The minimum Gasteiger partial charge on any atom is -0.491 e. The number of rotatable bonds is 6. The van der Waals surface area contributed by atoms with Gasteiger partial charge in [-0.05, 0) is 54.3 Å². The topological polar surface area (TPSA) is 54.0 Å². The zero-order valence-corrected chi connectivity index (χ0v) is 19.3. The number of fused-ring (bicyclic) bond motifs is 3. The lowest BCUT2D eigenvalue weighted by Crippen LogP contribution is -2.42. The predicted molar refractivity (Wildman–Crippen MR) is 128 cm³/mol. The highest BCUT2D eigenvalue weighted by molar-refractivity contribution is 6.30. The van der Waals surface area contributed by atoms with E-state index in [4.69, 9.17) is 21.1 Å². The van der Waals surface area contributed by atoms with E-state index in [2.05, 4.69) is 46.6 Å². The summed E-state index contributed by atoms with van der Waals surface area (Å²) in [4.78, 5) is 2.23. The van der Waals surface area contributed by atoms with Crippen LogP contribution in [0.2, 0.25) is 5.02 Å². The second-order valence-electron chi connectivity index (χ2n) is 9.35. The van der Waals surface area contributed by atoms with E-state index in [0.29, 0.717) is 31.0 Å². The summed E-state index contributed by atoms with van der Waals surface area (Å²) in [5.41, 5.74) is 3.98. The highest BCUT2D eigenvalue weighted by Crippen LogP contribution is 2.48. The summed E-state index contributed by atoms with van der Waals surface area (Å²) in [6.07, 6.45) is 4.41. The van der Waals surface area contributed by atoms with Crippen LogP contribution < -0.4 is 10.1 Å². The van der Waals surface area contributed by atoms with E-state index < -0.39 is 6.10 Å². The third-order valence-electron chi connectivity index (χ3n) is 7.21. The number of hydrogen-bond acceptors (Lipinski definition) is 5. The van der Waals surface area contributed by atoms with Crippen LogP contribution in [0.25, 0.3) is 0 Å². The van der Waals surface area contributed by atoms with Crippen LogP contribution in [-0.4, -0.2) is 61.6 Å². The molecule has 2 fully saturated rings. The van der Waals surface area contributed by atoms with Crippen molar-refractivity contribution >= 4 is 17.3 Å². The van der Waals surface area contributed by atoms with Gasteiger partial charge >= 0.3 is 0 Å². The molecule has 6 heteroatoms. The molecule has 5 rings (SSSR count). The molecule has 1 saturated carbocycles. The van der Waals surface area contributed by atoms with Gasteiger partial charge in [-0.2, -0.15) is 0 Å². The van der Waals surface area contributed by atoms with Gasteiger partial charge in [0.05, 0.1) is 13.2 Å². The highest BCUT2D eigenvalue weighted by atomic mass is 35.5. The van der Waals surface area contributed by atoms with Crippen molar-refractivity contribution in [3.63, 3.8) is 0 Å². The Morgan fingerprint density at radius 2 is 1.81 bits per heavy atom. The fourth-order valence-electron chi connectivity index (χ4n) is 5.58. The summed E-state index contributed by atoms with van der Waals surface area (Å²) < 4.78 is 11.3. The molecule has 2 aromatic rings.